The molecule has 17 heavy (non-hydrogen) atoms. The molecule has 0 aliphatic rings. The van der Waals surface area contributed by atoms with Gasteiger partial charge in [-0.25, -0.2) is 0 Å². The minimum Gasteiger partial charge on any atom is -0.367 e. The number of anilines is 1. The zero-order chi connectivity index (χ0) is 12.3. The van der Waals surface area contributed by atoms with Crippen molar-refractivity contribution in [2.45, 2.75) is 39.2 Å². The predicted molar refractivity (Wildman–Crippen MR) is 68.4 cm³/mol. The van der Waals surface area contributed by atoms with Crippen molar-refractivity contribution in [2.75, 3.05) is 5.32 Å². The highest BCUT2D eigenvalue weighted by Crippen LogP contribution is 2.16. The first-order chi connectivity index (χ1) is 8.20. The van der Waals surface area contributed by atoms with Crippen molar-refractivity contribution in [3.05, 3.63) is 17.5 Å². The van der Waals surface area contributed by atoms with Gasteiger partial charge in [0.05, 0.1) is 0 Å². The molecule has 92 valence electrons. The van der Waals surface area contributed by atoms with Gasteiger partial charge in [0.1, 0.15) is 17.3 Å². The first-order valence-electron chi connectivity index (χ1n) is 5.83. The normalized spacial score (nSPS) is 12.9. The zero-order valence-electron chi connectivity index (χ0n) is 10.0. The van der Waals surface area contributed by atoms with Crippen LogP contribution < -0.4 is 5.32 Å². The van der Waals surface area contributed by atoms with Crippen LogP contribution in [0.25, 0.3) is 5.78 Å². The SMILES string of the molecule is CCCCC(C)Nc1cc(Cl)nc2ncnn12. The van der Waals surface area contributed by atoms with Crippen LogP contribution in [0, 0.1) is 0 Å². The van der Waals surface area contributed by atoms with Crippen molar-refractivity contribution in [3.63, 3.8) is 0 Å². The lowest BCUT2D eigenvalue weighted by Gasteiger charge is -2.15. The van der Waals surface area contributed by atoms with Gasteiger partial charge in [0, 0.05) is 12.1 Å². The highest BCUT2D eigenvalue weighted by Gasteiger charge is 2.08. The summed E-state index contributed by atoms with van der Waals surface area (Å²) >= 11 is 5.94. The second-order valence-corrected chi connectivity index (χ2v) is 4.51. The maximum absolute atomic E-state index is 5.94. The van der Waals surface area contributed by atoms with Crippen LogP contribution in [-0.2, 0) is 0 Å². The number of unbranched alkanes of at least 4 members (excludes halogenated alkanes) is 1. The molecule has 5 nitrogen and oxygen atoms in total. The molecule has 0 saturated heterocycles. The van der Waals surface area contributed by atoms with E-state index in [2.05, 4.69) is 34.2 Å². The Bertz CT molecular complexity index is 496. The van der Waals surface area contributed by atoms with Crippen molar-refractivity contribution < 1.29 is 0 Å². The fourth-order valence-corrected chi connectivity index (χ4v) is 1.90. The molecule has 0 saturated carbocycles. The average molecular weight is 254 g/mol. The Morgan fingerprint density at radius 3 is 3.12 bits per heavy atom. The molecule has 6 heteroatoms. The smallest absolute Gasteiger partial charge is 0.255 e. The Morgan fingerprint density at radius 1 is 1.53 bits per heavy atom. The standard InChI is InChI=1S/C11H16ClN5/c1-3-4-5-8(2)15-10-6-9(12)16-11-13-7-14-17(10)11/h6-8,15H,3-5H2,1-2H3. The average Bonchev–Trinajstić information content (AvgIpc) is 2.74. The Morgan fingerprint density at radius 2 is 2.35 bits per heavy atom. The first kappa shape index (κ1) is 12.1. The minimum atomic E-state index is 0.376. The molecule has 2 aromatic rings. The van der Waals surface area contributed by atoms with Crippen molar-refractivity contribution in [1.29, 1.82) is 0 Å². The molecule has 1 atom stereocenters. The van der Waals surface area contributed by atoms with Gasteiger partial charge in [0.2, 0.25) is 0 Å². The fraction of sp³-hybridized carbons (Fsp3) is 0.545. The summed E-state index contributed by atoms with van der Waals surface area (Å²) in [6.45, 7) is 4.33. The van der Waals surface area contributed by atoms with E-state index in [-0.39, 0.29) is 0 Å². The lowest BCUT2D eigenvalue weighted by molar-refractivity contribution is 0.640. The van der Waals surface area contributed by atoms with Crippen LogP contribution in [0.1, 0.15) is 33.1 Å². The maximum atomic E-state index is 5.94. The number of nitrogens with zero attached hydrogens (tertiary/aromatic N) is 4. The van der Waals surface area contributed by atoms with Gasteiger partial charge in [-0.05, 0) is 13.3 Å². The molecule has 0 aliphatic carbocycles. The number of halogens is 1. The molecule has 0 aliphatic heterocycles. The summed E-state index contributed by atoms with van der Waals surface area (Å²) < 4.78 is 1.66. The van der Waals surface area contributed by atoms with Gasteiger partial charge in [-0.1, -0.05) is 31.4 Å². The lowest BCUT2D eigenvalue weighted by atomic mass is 10.1. The topological polar surface area (TPSA) is 55.1 Å². The second kappa shape index (κ2) is 5.31. The molecular formula is C11H16ClN5. The van der Waals surface area contributed by atoms with Crippen molar-refractivity contribution in [1.82, 2.24) is 19.6 Å². The van der Waals surface area contributed by atoms with E-state index in [1.165, 1.54) is 19.2 Å². The molecule has 0 spiro atoms. The van der Waals surface area contributed by atoms with E-state index in [1.807, 2.05) is 0 Å². The minimum absolute atomic E-state index is 0.376. The van der Waals surface area contributed by atoms with Crippen LogP contribution in [0.3, 0.4) is 0 Å². The summed E-state index contributed by atoms with van der Waals surface area (Å²) in [5, 5.41) is 7.92. The van der Waals surface area contributed by atoms with Crippen LogP contribution in [0.4, 0.5) is 5.82 Å². The van der Waals surface area contributed by atoms with Crippen molar-refractivity contribution in [2.24, 2.45) is 0 Å². The fourth-order valence-electron chi connectivity index (χ4n) is 1.72. The third kappa shape index (κ3) is 2.85. The highest BCUT2D eigenvalue weighted by molar-refractivity contribution is 6.29. The number of hydrogen-bond donors (Lipinski definition) is 1. The molecule has 1 N–H and O–H groups in total. The Kier molecular flexibility index (Phi) is 3.78. The van der Waals surface area contributed by atoms with Gasteiger partial charge in [-0.3, -0.25) is 0 Å². The zero-order valence-corrected chi connectivity index (χ0v) is 10.8. The molecule has 2 rings (SSSR count). The summed E-state index contributed by atoms with van der Waals surface area (Å²) in [7, 11) is 0. The lowest BCUT2D eigenvalue weighted by Crippen LogP contribution is -2.17. The van der Waals surface area contributed by atoms with E-state index >= 15 is 0 Å². The van der Waals surface area contributed by atoms with E-state index in [0.29, 0.717) is 17.0 Å². The van der Waals surface area contributed by atoms with Crippen molar-refractivity contribution in [3.8, 4) is 0 Å². The van der Waals surface area contributed by atoms with E-state index in [0.717, 1.165) is 12.2 Å². The van der Waals surface area contributed by atoms with Crippen molar-refractivity contribution >= 4 is 23.2 Å². The number of rotatable bonds is 5. The number of hydrogen-bond acceptors (Lipinski definition) is 4. The van der Waals surface area contributed by atoms with Gasteiger partial charge in [0.25, 0.3) is 5.78 Å². The van der Waals surface area contributed by atoms with Crippen LogP contribution in [0.5, 0.6) is 0 Å². The summed E-state index contributed by atoms with van der Waals surface area (Å²) in [5.41, 5.74) is 0. The van der Waals surface area contributed by atoms with Crippen LogP contribution in [0.15, 0.2) is 12.4 Å². The van der Waals surface area contributed by atoms with Gasteiger partial charge >= 0.3 is 0 Å². The second-order valence-electron chi connectivity index (χ2n) is 4.12. The highest BCUT2D eigenvalue weighted by atomic mass is 35.5. The summed E-state index contributed by atoms with van der Waals surface area (Å²) in [6.07, 6.45) is 4.99. The molecule has 0 amide bonds. The molecule has 2 heterocycles. The molecule has 0 fully saturated rings. The van der Waals surface area contributed by atoms with Crippen LogP contribution in [-0.4, -0.2) is 25.6 Å². The quantitative estimate of drug-likeness (QED) is 0.833. The molecule has 0 bridgehead atoms. The number of aromatic nitrogens is 4. The number of fused-ring (bicyclic) bond motifs is 1. The molecular weight excluding hydrogens is 238 g/mol. The van der Waals surface area contributed by atoms with Gasteiger partial charge in [-0.2, -0.15) is 19.6 Å². The van der Waals surface area contributed by atoms with Gasteiger partial charge < -0.3 is 5.32 Å². The van der Waals surface area contributed by atoms with Gasteiger partial charge in [-0.15, -0.1) is 0 Å². The van der Waals surface area contributed by atoms with E-state index in [1.54, 1.807) is 10.6 Å². The first-order valence-corrected chi connectivity index (χ1v) is 6.21. The van der Waals surface area contributed by atoms with Crippen LogP contribution >= 0.6 is 11.6 Å². The summed E-state index contributed by atoms with van der Waals surface area (Å²) in [5.74, 6) is 1.35. The largest absolute Gasteiger partial charge is 0.367 e. The monoisotopic (exact) mass is 253 g/mol. The van der Waals surface area contributed by atoms with E-state index < -0.39 is 0 Å². The predicted octanol–water partition coefficient (Wildman–Crippen LogP) is 2.77. The van der Waals surface area contributed by atoms with Gasteiger partial charge in [0.15, 0.2) is 0 Å². The van der Waals surface area contributed by atoms with E-state index in [9.17, 15) is 0 Å². The Labute approximate surface area is 105 Å². The van der Waals surface area contributed by atoms with Crippen LogP contribution in [0.2, 0.25) is 5.15 Å². The Hall–Kier alpha value is -1.36. The molecule has 2 aromatic heterocycles. The third-order valence-electron chi connectivity index (χ3n) is 2.61. The Balaban J connectivity index is 2.19. The maximum Gasteiger partial charge on any atom is 0.255 e. The summed E-state index contributed by atoms with van der Waals surface area (Å²) in [6, 6.07) is 2.15. The summed E-state index contributed by atoms with van der Waals surface area (Å²) in [4.78, 5) is 8.11. The third-order valence-corrected chi connectivity index (χ3v) is 2.80. The number of nitrogens with one attached hydrogen (secondary N) is 1. The molecule has 0 radical (unpaired) electrons. The van der Waals surface area contributed by atoms with E-state index in [4.69, 9.17) is 11.6 Å². The molecule has 0 aromatic carbocycles. The molecule has 1 unspecified atom stereocenters.